The summed E-state index contributed by atoms with van der Waals surface area (Å²) >= 11 is 0. The zero-order chi connectivity index (χ0) is 13.8. The molecule has 0 aliphatic carbocycles. The fourth-order valence-electron chi connectivity index (χ4n) is 2.65. The van der Waals surface area contributed by atoms with Gasteiger partial charge in [0.2, 0.25) is 5.91 Å². The quantitative estimate of drug-likeness (QED) is 0.879. The van der Waals surface area contributed by atoms with E-state index >= 15 is 0 Å². The Bertz CT molecular complexity index is 444. The molecule has 2 unspecified atom stereocenters. The first-order valence-corrected chi connectivity index (χ1v) is 7.13. The highest BCUT2D eigenvalue weighted by Crippen LogP contribution is 2.12. The van der Waals surface area contributed by atoms with Crippen LogP contribution in [0.2, 0.25) is 0 Å². The van der Waals surface area contributed by atoms with Crippen LogP contribution >= 0.6 is 0 Å². The highest BCUT2D eigenvalue weighted by Gasteiger charge is 2.29. The highest BCUT2D eigenvalue weighted by molar-refractivity contribution is 5.83. The van der Waals surface area contributed by atoms with Gasteiger partial charge in [-0.15, -0.1) is 0 Å². The van der Waals surface area contributed by atoms with Gasteiger partial charge >= 0.3 is 0 Å². The van der Waals surface area contributed by atoms with Crippen molar-refractivity contribution >= 4 is 5.91 Å². The third-order valence-corrected chi connectivity index (χ3v) is 3.86. The molecule has 2 rings (SSSR count). The van der Waals surface area contributed by atoms with E-state index < -0.39 is 0 Å². The van der Waals surface area contributed by atoms with Crippen molar-refractivity contribution in [3.05, 3.63) is 35.4 Å². The van der Waals surface area contributed by atoms with Gasteiger partial charge < -0.3 is 10.2 Å². The van der Waals surface area contributed by atoms with Crippen LogP contribution in [0.3, 0.4) is 0 Å². The summed E-state index contributed by atoms with van der Waals surface area (Å²) in [6.07, 6.45) is 3.06. The topological polar surface area (TPSA) is 32.3 Å². The van der Waals surface area contributed by atoms with E-state index in [1.54, 1.807) is 0 Å². The lowest BCUT2D eigenvalue weighted by molar-refractivity contribution is -0.128. The molecule has 1 aromatic carbocycles. The highest BCUT2D eigenvalue weighted by atomic mass is 16.2. The van der Waals surface area contributed by atoms with Gasteiger partial charge in [0, 0.05) is 19.6 Å². The lowest BCUT2D eigenvalue weighted by Gasteiger charge is -2.18. The monoisotopic (exact) mass is 260 g/mol. The normalized spacial score (nSPS) is 20.9. The van der Waals surface area contributed by atoms with Crippen LogP contribution < -0.4 is 5.32 Å². The van der Waals surface area contributed by atoms with E-state index in [2.05, 4.69) is 43.4 Å². The van der Waals surface area contributed by atoms with Crippen molar-refractivity contribution in [2.75, 3.05) is 13.6 Å². The van der Waals surface area contributed by atoms with Crippen molar-refractivity contribution in [2.24, 2.45) is 0 Å². The number of benzene rings is 1. The minimum atomic E-state index is 0.0255. The molecule has 0 aromatic heterocycles. The van der Waals surface area contributed by atoms with Crippen LogP contribution in [0.15, 0.2) is 24.3 Å². The van der Waals surface area contributed by atoms with E-state index in [9.17, 15) is 4.79 Å². The lowest BCUT2D eigenvalue weighted by Crippen LogP contribution is -2.41. The predicted octanol–water partition coefficient (Wildman–Crippen LogP) is 2.14. The molecule has 0 spiro atoms. The number of nitrogens with zero attached hydrogens (tertiary/aromatic N) is 1. The van der Waals surface area contributed by atoms with Crippen molar-refractivity contribution < 1.29 is 4.79 Å². The van der Waals surface area contributed by atoms with E-state index in [1.807, 2.05) is 11.9 Å². The Morgan fingerprint density at radius 2 is 2.26 bits per heavy atom. The molecule has 1 aliphatic rings. The average Bonchev–Trinajstić information content (AvgIpc) is 2.69. The molecule has 1 heterocycles. The average molecular weight is 260 g/mol. The van der Waals surface area contributed by atoms with Crippen molar-refractivity contribution in [3.63, 3.8) is 0 Å². The number of likely N-dealkylation sites (tertiary alicyclic amines) is 1. The van der Waals surface area contributed by atoms with Crippen LogP contribution in [0.1, 0.15) is 30.9 Å². The summed E-state index contributed by atoms with van der Waals surface area (Å²) in [5.41, 5.74) is 2.69. The summed E-state index contributed by atoms with van der Waals surface area (Å²) in [4.78, 5) is 13.6. The van der Waals surface area contributed by atoms with E-state index in [4.69, 9.17) is 0 Å². The number of aryl methyl sites for hydroxylation is 2. The van der Waals surface area contributed by atoms with Crippen LogP contribution in [-0.2, 0) is 11.2 Å². The molecule has 0 radical (unpaired) electrons. The second-order valence-corrected chi connectivity index (χ2v) is 5.70. The molecule has 1 amide bonds. The van der Waals surface area contributed by atoms with Crippen molar-refractivity contribution in [1.82, 2.24) is 10.2 Å². The van der Waals surface area contributed by atoms with Gasteiger partial charge in [0.15, 0.2) is 0 Å². The Kier molecular flexibility index (Phi) is 4.59. The molecule has 2 atom stereocenters. The standard InChI is InChI=1S/C16H24N2O/c1-12-5-4-6-14(11-12)8-7-13(2)17-15-9-10-18(3)16(15)19/h4-6,11,13,15,17H,7-10H2,1-3H3. The number of carbonyl (C=O) groups is 1. The minimum Gasteiger partial charge on any atom is -0.344 e. The molecule has 1 N–H and O–H groups in total. The fourth-order valence-corrected chi connectivity index (χ4v) is 2.65. The van der Waals surface area contributed by atoms with Crippen molar-refractivity contribution in [3.8, 4) is 0 Å². The summed E-state index contributed by atoms with van der Waals surface area (Å²) in [5.74, 6) is 0.238. The molecule has 1 aliphatic heterocycles. The van der Waals surface area contributed by atoms with E-state index in [1.165, 1.54) is 11.1 Å². The first-order chi connectivity index (χ1) is 9.06. The lowest BCUT2D eigenvalue weighted by atomic mass is 10.0. The Labute approximate surface area is 116 Å². The number of amides is 1. The molecular weight excluding hydrogens is 236 g/mol. The maximum Gasteiger partial charge on any atom is 0.239 e. The zero-order valence-corrected chi connectivity index (χ0v) is 12.1. The molecule has 19 heavy (non-hydrogen) atoms. The minimum absolute atomic E-state index is 0.0255. The SMILES string of the molecule is Cc1cccc(CCC(C)NC2CCN(C)C2=O)c1. The van der Waals surface area contributed by atoms with Crippen LogP contribution in [0.5, 0.6) is 0 Å². The molecule has 1 saturated heterocycles. The first-order valence-electron chi connectivity index (χ1n) is 7.13. The van der Waals surface area contributed by atoms with E-state index in [-0.39, 0.29) is 11.9 Å². The summed E-state index contributed by atoms with van der Waals surface area (Å²) in [5, 5.41) is 3.45. The van der Waals surface area contributed by atoms with Gasteiger partial charge in [-0.25, -0.2) is 0 Å². The number of carbonyl (C=O) groups excluding carboxylic acids is 1. The summed E-state index contributed by atoms with van der Waals surface area (Å²) < 4.78 is 0. The molecular formula is C16H24N2O. The van der Waals surface area contributed by atoms with E-state index in [0.717, 1.165) is 25.8 Å². The van der Waals surface area contributed by atoms with Gasteiger partial charge in [0.05, 0.1) is 6.04 Å². The van der Waals surface area contributed by atoms with Gasteiger partial charge in [0.1, 0.15) is 0 Å². The maximum atomic E-state index is 11.8. The van der Waals surface area contributed by atoms with Crippen molar-refractivity contribution in [1.29, 1.82) is 0 Å². The number of nitrogens with one attached hydrogen (secondary N) is 1. The second kappa shape index (κ2) is 6.20. The second-order valence-electron chi connectivity index (χ2n) is 5.70. The van der Waals surface area contributed by atoms with Crippen LogP contribution in [0, 0.1) is 6.92 Å². The van der Waals surface area contributed by atoms with Gasteiger partial charge in [-0.3, -0.25) is 4.79 Å². The van der Waals surface area contributed by atoms with Crippen LogP contribution in [-0.4, -0.2) is 36.5 Å². The van der Waals surface area contributed by atoms with Crippen LogP contribution in [0.25, 0.3) is 0 Å². The summed E-state index contributed by atoms with van der Waals surface area (Å²) in [7, 11) is 1.88. The smallest absolute Gasteiger partial charge is 0.239 e. The predicted molar refractivity (Wildman–Crippen MR) is 78.1 cm³/mol. The largest absolute Gasteiger partial charge is 0.344 e. The zero-order valence-electron chi connectivity index (χ0n) is 12.1. The Hall–Kier alpha value is -1.35. The number of likely N-dealkylation sites (N-methyl/N-ethyl adjacent to an activating group) is 1. The summed E-state index contributed by atoms with van der Waals surface area (Å²) in [6, 6.07) is 9.05. The van der Waals surface area contributed by atoms with Gasteiger partial charge in [-0.2, -0.15) is 0 Å². The third kappa shape index (κ3) is 3.80. The summed E-state index contributed by atoms with van der Waals surface area (Å²) in [6.45, 7) is 5.17. The van der Waals surface area contributed by atoms with E-state index in [0.29, 0.717) is 6.04 Å². The van der Waals surface area contributed by atoms with Gasteiger partial charge in [-0.1, -0.05) is 29.8 Å². The number of rotatable bonds is 5. The molecule has 3 nitrogen and oxygen atoms in total. The number of hydrogen-bond acceptors (Lipinski definition) is 2. The molecule has 3 heteroatoms. The van der Waals surface area contributed by atoms with Crippen molar-refractivity contribution in [2.45, 2.75) is 45.2 Å². The Morgan fingerprint density at radius 3 is 2.89 bits per heavy atom. The van der Waals surface area contributed by atoms with Crippen LogP contribution in [0.4, 0.5) is 0 Å². The molecule has 0 bridgehead atoms. The fraction of sp³-hybridized carbons (Fsp3) is 0.562. The molecule has 1 aromatic rings. The number of hydrogen-bond donors (Lipinski definition) is 1. The Morgan fingerprint density at radius 1 is 1.47 bits per heavy atom. The van der Waals surface area contributed by atoms with Gasteiger partial charge in [0.25, 0.3) is 0 Å². The maximum absolute atomic E-state index is 11.8. The first kappa shape index (κ1) is 14.1. The van der Waals surface area contributed by atoms with Gasteiger partial charge in [-0.05, 0) is 38.7 Å². The Balaban J connectivity index is 1.79. The molecule has 1 fully saturated rings. The molecule has 104 valence electrons. The third-order valence-electron chi connectivity index (χ3n) is 3.86. The molecule has 0 saturated carbocycles.